The Bertz CT molecular complexity index is 2190. The van der Waals surface area contributed by atoms with E-state index in [0.29, 0.717) is 5.92 Å². The lowest BCUT2D eigenvalue weighted by atomic mass is 9.74. The second-order valence-corrected chi connectivity index (χ2v) is 17.5. The molecule has 0 spiro atoms. The van der Waals surface area contributed by atoms with Crippen molar-refractivity contribution < 1.29 is 4.42 Å². The molecule has 11 rings (SSSR count). The molecule has 2 heteroatoms. The Labute approximate surface area is 309 Å². The average molecular weight is 682 g/mol. The third-order valence-electron chi connectivity index (χ3n) is 14.7. The second-order valence-electron chi connectivity index (χ2n) is 17.5. The summed E-state index contributed by atoms with van der Waals surface area (Å²) in [6.07, 6.45) is 18.2. The van der Waals surface area contributed by atoms with Gasteiger partial charge in [0.05, 0.1) is 0 Å². The quantitative estimate of drug-likeness (QED) is 0.167. The Hall–Kier alpha value is -4.30. The SMILES string of the molecule is c1cc(C2CC3CCC2C3)c(-c2ccc(N(c3ccc(C4CCCCC4)cc3)c3ccc4c(c3)oc3ccccc34)cc2)c(C2CC3CCC2C3)c1. The van der Waals surface area contributed by atoms with E-state index >= 15 is 0 Å². The van der Waals surface area contributed by atoms with Gasteiger partial charge in [-0.3, -0.25) is 0 Å². The molecular weight excluding hydrogens is 631 g/mol. The van der Waals surface area contributed by atoms with E-state index < -0.39 is 0 Å². The molecule has 2 nitrogen and oxygen atoms in total. The molecule has 0 saturated heterocycles. The lowest BCUT2D eigenvalue weighted by Crippen LogP contribution is -2.14. The fourth-order valence-corrected chi connectivity index (χ4v) is 12.2. The van der Waals surface area contributed by atoms with E-state index in [1.54, 1.807) is 16.7 Å². The number of hydrogen-bond donors (Lipinski definition) is 0. The van der Waals surface area contributed by atoms with E-state index in [4.69, 9.17) is 4.42 Å². The number of furan rings is 1. The number of para-hydroxylation sites is 1. The molecule has 0 radical (unpaired) electrons. The maximum absolute atomic E-state index is 6.43. The van der Waals surface area contributed by atoms with Crippen molar-refractivity contribution in [2.75, 3.05) is 4.90 Å². The van der Waals surface area contributed by atoms with Gasteiger partial charge in [0.15, 0.2) is 0 Å². The molecule has 262 valence electrons. The van der Waals surface area contributed by atoms with Crippen LogP contribution < -0.4 is 4.90 Å². The van der Waals surface area contributed by atoms with Gasteiger partial charge in [0, 0.05) is 33.9 Å². The van der Waals surface area contributed by atoms with Crippen LogP contribution in [0.15, 0.2) is 114 Å². The van der Waals surface area contributed by atoms with Crippen molar-refractivity contribution in [3.05, 3.63) is 126 Å². The topological polar surface area (TPSA) is 16.4 Å². The molecule has 0 N–H and O–H groups in total. The van der Waals surface area contributed by atoms with Gasteiger partial charge < -0.3 is 9.32 Å². The number of fused-ring (bicyclic) bond motifs is 7. The van der Waals surface area contributed by atoms with Crippen LogP contribution in [-0.2, 0) is 0 Å². The van der Waals surface area contributed by atoms with Crippen LogP contribution in [0.3, 0.4) is 0 Å². The summed E-state index contributed by atoms with van der Waals surface area (Å²) < 4.78 is 6.43. The van der Waals surface area contributed by atoms with E-state index in [0.717, 1.165) is 52.4 Å². The highest BCUT2D eigenvalue weighted by molar-refractivity contribution is 6.06. The van der Waals surface area contributed by atoms with Crippen LogP contribution in [0.5, 0.6) is 0 Å². The number of benzene rings is 5. The molecular formula is C50H51NO. The Balaban J connectivity index is 1.01. The summed E-state index contributed by atoms with van der Waals surface area (Å²) in [6.45, 7) is 0. The highest BCUT2D eigenvalue weighted by atomic mass is 16.3. The molecule has 52 heavy (non-hydrogen) atoms. The van der Waals surface area contributed by atoms with Crippen molar-refractivity contribution in [1.29, 1.82) is 0 Å². The lowest BCUT2D eigenvalue weighted by Gasteiger charge is -2.31. The van der Waals surface area contributed by atoms with Crippen molar-refractivity contribution >= 4 is 39.0 Å². The van der Waals surface area contributed by atoms with Gasteiger partial charge in [-0.05, 0) is 163 Å². The zero-order valence-corrected chi connectivity index (χ0v) is 30.5. The van der Waals surface area contributed by atoms with Crippen LogP contribution in [0.1, 0.15) is 118 Å². The second kappa shape index (κ2) is 12.7. The van der Waals surface area contributed by atoms with Crippen LogP contribution in [0.2, 0.25) is 0 Å². The van der Waals surface area contributed by atoms with Crippen LogP contribution >= 0.6 is 0 Å². The standard InChI is InChI=1S/C50H51NO/c1-2-7-34(8-3-1)35-17-21-39(22-18-35)51(41-25-26-43-42-9-4-5-12-48(42)52-49(43)31-41)40-23-19-36(20-24-40)50-44(46-29-32-13-15-37(46)27-32)10-6-11-45(50)47-30-33-14-16-38(47)28-33/h4-6,9-12,17-26,31-34,37-38,46-47H,1-3,7-8,13-16,27-30H2. The predicted octanol–water partition coefficient (Wildman–Crippen LogP) is 14.6. The van der Waals surface area contributed by atoms with Crippen LogP contribution in [0.4, 0.5) is 17.1 Å². The monoisotopic (exact) mass is 681 g/mol. The predicted molar refractivity (Wildman–Crippen MR) is 216 cm³/mol. The molecule has 1 aromatic heterocycles. The first-order valence-electron chi connectivity index (χ1n) is 20.8. The highest BCUT2D eigenvalue weighted by Gasteiger charge is 2.44. The smallest absolute Gasteiger partial charge is 0.137 e. The van der Waals surface area contributed by atoms with Crippen LogP contribution in [0, 0.1) is 23.7 Å². The summed E-state index contributed by atoms with van der Waals surface area (Å²) in [7, 11) is 0. The first-order chi connectivity index (χ1) is 25.7. The van der Waals surface area contributed by atoms with Gasteiger partial charge in [-0.15, -0.1) is 0 Å². The molecule has 5 aliphatic rings. The molecule has 5 aromatic carbocycles. The number of nitrogens with zero attached hydrogens (tertiary/aromatic N) is 1. The van der Waals surface area contributed by atoms with Gasteiger partial charge in [0.1, 0.15) is 11.2 Å². The van der Waals surface area contributed by atoms with Gasteiger partial charge in [0.25, 0.3) is 0 Å². The fourth-order valence-electron chi connectivity index (χ4n) is 12.2. The largest absolute Gasteiger partial charge is 0.456 e. The molecule has 5 aliphatic carbocycles. The minimum absolute atomic E-state index is 0.696. The maximum Gasteiger partial charge on any atom is 0.137 e. The molecule has 5 saturated carbocycles. The van der Waals surface area contributed by atoms with E-state index in [9.17, 15) is 0 Å². The Kier molecular flexibility index (Phi) is 7.62. The summed E-state index contributed by atoms with van der Waals surface area (Å²) in [5.74, 6) is 5.78. The fraction of sp³-hybridized carbons (Fsp3) is 0.400. The third-order valence-corrected chi connectivity index (χ3v) is 14.7. The van der Waals surface area contributed by atoms with Crippen LogP contribution in [0.25, 0.3) is 33.1 Å². The Morgan fingerprint density at radius 2 is 1.10 bits per heavy atom. The summed E-state index contributed by atoms with van der Waals surface area (Å²) in [5, 5.41) is 2.35. The van der Waals surface area contributed by atoms with E-state index in [1.165, 1.54) is 117 Å². The number of hydrogen-bond acceptors (Lipinski definition) is 2. The minimum atomic E-state index is 0.696. The van der Waals surface area contributed by atoms with Crippen molar-refractivity contribution in [3.63, 3.8) is 0 Å². The number of anilines is 3. The molecule has 5 fully saturated rings. The van der Waals surface area contributed by atoms with Gasteiger partial charge >= 0.3 is 0 Å². The van der Waals surface area contributed by atoms with E-state index in [-0.39, 0.29) is 0 Å². The number of rotatable bonds is 7. The first kappa shape index (κ1) is 31.2. The third kappa shape index (κ3) is 5.26. The molecule has 6 unspecified atom stereocenters. The van der Waals surface area contributed by atoms with Gasteiger partial charge in [-0.25, -0.2) is 0 Å². The Morgan fingerprint density at radius 3 is 1.73 bits per heavy atom. The molecule has 0 aliphatic heterocycles. The summed E-state index contributed by atoms with van der Waals surface area (Å²) in [5.41, 5.74) is 13.2. The highest BCUT2D eigenvalue weighted by Crippen LogP contribution is 2.58. The van der Waals surface area contributed by atoms with Gasteiger partial charge in [-0.2, -0.15) is 0 Å². The molecule has 6 aromatic rings. The molecule has 1 heterocycles. The normalized spacial score (nSPS) is 26.9. The van der Waals surface area contributed by atoms with Crippen molar-refractivity contribution in [2.24, 2.45) is 23.7 Å². The summed E-state index contributed by atoms with van der Waals surface area (Å²) >= 11 is 0. The molecule has 4 bridgehead atoms. The molecule has 0 amide bonds. The summed E-state index contributed by atoms with van der Waals surface area (Å²) in [6, 6.07) is 41.9. The van der Waals surface area contributed by atoms with E-state index in [2.05, 4.69) is 114 Å². The lowest BCUT2D eigenvalue weighted by molar-refractivity contribution is 0.413. The van der Waals surface area contributed by atoms with Gasteiger partial charge in [0.2, 0.25) is 0 Å². The maximum atomic E-state index is 6.43. The average Bonchev–Trinajstić information content (AvgIpc) is 4.06. The summed E-state index contributed by atoms with van der Waals surface area (Å²) in [4.78, 5) is 2.44. The first-order valence-corrected chi connectivity index (χ1v) is 20.8. The molecule has 6 atom stereocenters. The van der Waals surface area contributed by atoms with Gasteiger partial charge in [-0.1, -0.05) is 92.8 Å². The zero-order chi connectivity index (χ0) is 34.2. The zero-order valence-electron chi connectivity index (χ0n) is 30.5. The van der Waals surface area contributed by atoms with Crippen molar-refractivity contribution in [1.82, 2.24) is 0 Å². The van der Waals surface area contributed by atoms with Crippen molar-refractivity contribution in [2.45, 2.75) is 101 Å². The Morgan fingerprint density at radius 1 is 0.481 bits per heavy atom. The van der Waals surface area contributed by atoms with Crippen molar-refractivity contribution in [3.8, 4) is 11.1 Å². The minimum Gasteiger partial charge on any atom is -0.456 e. The van der Waals surface area contributed by atoms with E-state index in [1.807, 2.05) is 0 Å². The van der Waals surface area contributed by atoms with Crippen LogP contribution in [-0.4, -0.2) is 0 Å².